The van der Waals surface area contributed by atoms with Gasteiger partial charge in [-0.05, 0) is 37.0 Å². The highest BCUT2D eigenvalue weighted by Gasteiger charge is 2.12. The molecule has 0 radical (unpaired) electrons. The Bertz CT molecular complexity index is 612. The van der Waals surface area contributed by atoms with Crippen LogP contribution in [-0.2, 0) is 6.54 Å². The molecule has 3 rings (SSSR count). The second-order valence-electron chi connectivity index (χ2n) is 5.12. The first-order chi connectivity index (χ1) is 10.8. The predicted molar refractivity (Wildman–Crippen MR) is 86.1 cm³/mol. The Balaban J connectivity index is 1.54. The maximum absolute atomic E-state index is 11.8. The van der Waals surface area contributed by atoms with Gasteiger partial charge >= 0.3 is 6.03 Å². The largest absolute Gasteiger partial charge is 0.357 e. The molecular formula is C14H18N6OS. The van der Waals surface area contributed by atoms with E-state index in [0.717, 1.165) is 24.5 Å². The zero-order valence-electron chi connectivity index (χ0n) is 12.2. The van der Waals surface area contributed by atoms with Crippen molar-refractivity contribution in [3.63, 3.8) is 0 Å². The molecule has 0 aliphatic carbocycles. The van der Waals surface area contributed by atoms with Gasteiger partial charge in [-0.3, -0.25) is 5.32 Å². The first kappa shape index (κ1) is 14.7. The molecular weight excluding hydrogens is 300 g/mol. The average molecular weight is 318 g/mol. The van der Waals surface area contributed by atoms with Gasteiger partial charge in [-0.2, -0.15) is 0 Å². The van der Waals surface area contributed by atoms with E-state index in [1.807, 2.05) is 12.1 Å². The van der Waals surface area contributed by atoms with E-state index in [1.165, 1.54) is 30.6 Å². The van der Waals surface area contributed by atoms with Gasteiger partial charge in [-0.1, -0.05) is 11.3 Å². The molecule has 2 amide bonds. The number of hydrogen-bond acceptors (Lipinski definition) is 6. The molecule has 0 bridgehead atoms. The molecule has 2 aromatic heterocycles. The summed E-state index contributed by atoms with van der Waals surface area (Å²) >= 11 is 1.28. The summed E-state index contributed by atoms with van der Waals surface area (Å²) in [5, 5.41) is 13.4. The van der Waals surface area contributed by atoms with E-state index in [4.69, 9.17) is 0 Å². The Morgan fingerprint density at radius 1 is 1.32 bits per heavy atom. The minimum Gasteiger partial charge on any atom is -0.357 e. The van der Waals surface area contributed by atoms with Crippen LogP contribution in [0.3, 0.4) is 0 Å². The standard InChI is InChI=1S/C14H18N6OS/c21-13(18-14-19-17-10-22-14)16-9-11-4-5-15-12(8-11)20-6-2-1-3-7-20/h4-5,8,10H,1-3,6-7,9H2,(H2,16,18,19,21). The van der Waals surface area contributed by atoms with Crippen LogP contribution in [0.25, 0.3) is 0 Å². The number of nitrogens with zero attached hydrogens (tertiary/aromatic N) is 4. The number of amides is 2. The van der Waals surface area contributed by atoms with E-state index in [9.17, 15) is 4.79 Å². The molecule has 3 heterocycles. The Kier molecular flexibility index (Phi) is 4.79. The summed E-state index contributed by atoms with van der Waals surface area (Å²) in [6, 6.07) is 3.67. The zero-order chi connectivity index (χ0) is 15.2. The van der Waals surface area contributed by atoms with Gasteiger partial charge in [0.2, 0.25) is 5.13 Å². The monoisotopic (exact) mass is 318 g/mol. The number of anilines is 2. The molecule has 22 heavy (non-hydrogen) atoms. The highest BCUT2D eigenvalue weighted by molar-refractivity contribution is 7.13. The summed E-state index contributed by atoms with van der Waals surface area (Å²) in [4.78, 5) is 18.5. The van der Waals surface area contributed by atoms with E-state index in [1.54, 1.807) is 11.7 Å². The molecule has 0 unspecified atom stereocenters. The van der Waals surface area contributed by atoms with Crippen molar-refractivity contribution in [3.8, 4) is 0 Å². The number of nitrogens with one attached hydrogen (secondary N) is 2. The van der Waals surface area contributed by atoms with E-state index >= 15 is 0 Å². The Morgan fingerprint density at radius 2 is 2.18 bits per heavy atom. The molecule has 1 saturated heterocycles. The van der Waals surface area contributed by atoms with Gasteiger partial charge in [0.1, 0.15) is 11.3 Å². The summed E-state index contributed by atoms with van der Waals surface area (Å²) in [5.74, 6) is 0.989. The lowest BCUT2D eigenvalue weighted by Crippen LogP contribution is -2.31. The number of urea groups is 1. The number of hydrogen-bond donors (Lipinski definition) is 2. The molecule has 1 aliphatic rings. The van der Waals surface area contributed by atoms with Crippen LogP contribution in [0.5, 0.6) is 0 Å². The third-order valence-corrected chi connectivity index (χ3v) is 4.13. The van der Waals surface area contributed by atoms with Gasteiger partial charge in [-0.15, -0.1) is 10.2 Å². The first-order valence-electron chi connectivity index (χ1n) is 7.32. The first-order valence-corrected chi connectivity index (χ1v) is 8.20. The van der Waals surface area contributed by atoms with Crippen molar-refractivity contribution in [1.82, 2.24) is 20.5 Å². The zero-order valence-corrected chi connectivity index (χ0v) is 13.0. The number of piperidine rings is 1. The highest BCUT2D eigenvalue weighted by atomic mass is 32.1. The second kappa shape index (κ2) is 7.17. The predicted octanol–water partition coefficient (Wildman–Crippen LogP) is 2.25. The van der Waals surface area contributed by atoms with Crippen molar-refractivity contribution >= 4 is 28.3 Å². The van der Waals surface area contributed by atoms with Crippen LogP contribution in [-0.4, -0.2) is 34.3 Å². The van der Waals surface area contributed by atoms with Crippen LogP contribution >= 0.6 is 11.3 Å². The van der Waals surface area contributed by atoms with E-state index in [-0.39, 0.29) is 6.03 Å². The fraction of sp³-hybridized carbons (Fsp3) is 0.429. The van der Waals surface area contributed by atoms with Gasteiger partial charge in [0.25, 0.3) is 0 Å². The van der Waals surface area contributed by atoms with Crippen LogP contribution in [0.4, 0.5) is 15.7 Å². The maximum Gasteiger partial charge on any atom is 0.321 e. The topological polar surface area (TPSA) is 83.0 Å². The summed E-state index contributed by atoms with van der Waals surface area (Å²) in [7, 11) is 0. The lowest BCUT2D eigenvalue weighted by molar-refractivity contribution is 0.251. The number of pyridine rings is 1. The lowest BCUT2D eigenvalue weighted by atomic mass is 10.1. The minimum atomic E-state index is -0.284. The fourth-order valence-corrected chi connectivity index (χ4v) is 2.86. The van der Waals surface area contributed by atoms with Crippen molar-refractivity contribution in [2.75, 3.05) is 23.3 Å². The number of aromatic nitrogens is 3. The molecule has 0 aromatic carbocycles. The fourth-order valence-electron chi connectivity index (χ4n) is 2.42. The summed E-state index contributed by atoms with van der Waals surface area (Å²) in [6.07, 6.45) is 5.52. The van der Waals surface area contributed by atoms with E-state index in [2.05, 4.69) is 30.7 Å². The summed E-state index contributed by atoms with van der Waals surface area (Å²) in [5.41, 5.74) is 2.60. The molecule has 8 heteroatoms. The van der Waals surface area contributed by atoms with Gasteiger partial charge in [0.05, 0.1) is 0 Å². The number of carbonyl (C=O) groups is 1. The van der Waals surface area contributed by atoms with Crippen LogP contribution in [0.15, 0.2) is 23.8 Å². The van der Waals surface area contributed by atoms with Gasteiger partial charge in [-0.25, -0.2) is 9.78 Å². The minimum absolute atomic E-state index is 0.284. The molecule has 2 N–H and O–H groups in total. The van der Waals surface area contributed by atoms with Crippen LogP contribution in [0.2, 0.25) is 0 Å². The molecule has 1 fully saturated rings. The van der Waals surface area contributed by atoms with Gasteiger partial charge in [0.15, 0.2) is 0 Å². The van der Waals surface area contributed by atoms with E-state index in [0.29, 0.717) is 11.7 Å². The quantitative estimate of drug-likeness (QED) is 0.903. The maximum atomic E-state index is 11.8. The highest BCUT2D eigenvalue weighted by Crippen LogP contribution is 2.18. The SMILES string of the molecule is O=C(NCc1ccnc(N2CCCCC2)c1)Nc1nncs1. The van der Waals surface area contributed by atoms with Crippen LogP contribution in [0.1, 0.15) is 24.8 Å². The molecule has 1 aliphatic heterocycles. The number of rotatable bonds is 4. The second-order valence-corrected chi connectivity index (χ2v) is 5.95. The van der Waals surface area contributed by atoms with Gasteiger partial charge < -0.3 is 10.2 Å². The third kappa shape index (κ3) is 3.91. The summed E-state index contributed by atoms with van der Waals surface area (Å²) < 4.78 is 0. The van der Waals surface area contributed by atoms with Crippen LogP contribution in [0, 0.1) is 0 Å². The molecule has 2 aromatic rings. The smallest absolute Gasteiger partial charge is 0.321 e. The Morgan fingerprint density at radius 3 is 2.95 bits per heavy atom. The van der Waals surface area contributed by atoms with Crippen molar-refractivity contribution in [2.45, 2.75) is 25.8 Å². The Labute approximate surface area is 132 Å². The van der Waals surface area contributed by atoms with E-state index < -0.39 is 0 Å². The molecule has 0 atom stereocenters. The third-order valence-electron chi connectivity index (χ3n) is 3.52. The summed E-state index contributed by atoms with van der Waals surface area (Å²) in [6.45, 7) is 2.57. The van der Waals surface area contributed by atoms with Crippen molar-refractivity contribution < 1.29 is 4.79 Å². The Hall–Kier alpha value is -2.22. The average Bonchev–Trinajstić information content (AvgIpc) is 3.07. The molecule has 7 nitrogen and oxygen atoms in total. The van der Waals surface area contributed by atoms with Crippen molar-refractivity contribution in [1.29, 1.82) is 0 Å². The van der Waals surface area contributed by atoms with Crippen molar-refractivity contribution in [2.24, 2.45) is 0 Å². The molecule has 116 valence electrons. The van der Waals surface area contributed by atoms with Gasteiger partial charge in [0, 0.05) is 25.8 Å². The normalized spacial score (nSPS) is 14.6. The molecule has 0 spiro atoms. The number of carbonyl (C=O) groups excluding carboxylic acids is 1. The van der Waals surface area contributed by atoms with Crippen LogP contribution < -0.4 is 15.5 Å². The lowest BCUT2D eigenvalue weighted by Gasteiger charge is -2.27. The molecule has 0 saturated carbocycles. The van der Waals surface area contributed by atoms with Crippen molar-refractivity contribution in [3.05, 3.63) is 29.4 Å².